The Kier molecular flexibility index (Phi) is 34.5. The number of aliphatic hydroxyl groups excluding tert-OH is 3. The molecule has 11 atom stereocenters. The molecule has 1 unspecified atom stereocenters. The van der Waals surface area contributed by atoms with E-state index in [9.17, 15) is 107 Å². The Morgan fingerprint density at radius 1 is 0.528 bits per heavy atom. The van der Waals surface area contributed by atoms with Gasteiger partial charge in [0.15, 0.2) is 5.85 Å². The number of carboxylic acid groups (broad SMARTS) is 1. The van der Waals surface area contributed by atoms with E-state index in [2.05, 4.69) is 47.9 Å². The van der Waals surface area contributed by atoms with Gasteiger partial charge in [-0.2, -0.15) is 0 Å². The van der Waals surface area contributed by atoms with Crippen LogP contribution in [0, 0.1) is 5.92 Å². The number of benzene rings is 1. The van der Waals surface area contributed by atoms with Gasteiger partial charge in [0, 0.05) is 26.2 Å². The summed E-state index contributed by atoms with van der Waals surface area (Å²) in [6, 6.07) is -8.44. The average molecular weight is 1290 g/mol. The zero-order valence-corrected chi connectivity index (χ0v) is 50.3. The maximum Gasteiger partial charge on any atom is 0.353 e. The second kappa shape index (κ2) is 39.2. The monoisotopic (exact) mass is 1290 g/mol. The minimum absolute atomic E-state index is 0.0859. The number of rotatable bonds is 41. The van der Waals surface area contributed by atoms with Crippen molar-refractivity contribution in [1.82, 2.24) is 63.8 Å². The molecule has 14 amide bonds. The van der Waals surface area contributed by atoms with Crippen LogP contribution in [0.15, 0.2) is 30.3 Å². The van der Waals surface area contributed by atoms with E-state index in [4.69, 9.17) is 17.2 Å². The summed E-state index contributed by atoms with van der Waals surface area (Å²) >= 11 is 0. The second-order valence-corrected chi connectivity index (χ2v) is 22.3. The molecular weight excluding hydrogens is 1210 g/mol. The smallest absolute Gasteiger partial charge is 0.353 e. The first kappa shape index (κ1) is 78.3. The summed E-state index contributed by atoms with van der Waals surface area (Å²) in [6.07, 6.45) is -2.86. The lowest BCUT2D eigenvalue weighted by Gasteiger charge is -2.29. The van der Waals surface area contributed by atoms with Gasteiger partial charge in [0.25, 0.3) is 0 Å². The molecular formula is C51H82N15O22P. The van der Waals surface area contributed by atoms with Crippen molar-refractivity contribution in [3.63, 3.8) is 0 Å². The van der Waals surface area contributed by atoms with E-state index in [-0.39, 0.29) is 19.4 Å². The highest BCUT2D eigenvalue weighted by atomic mass is 31.2. The topological polar surface area (TPSA) is 617 Å². The molecule has 0 aliphatic heterocycles. The highest BCUT2D eigenvalue weighted by Gasteiger charge is 2.38. The van der Waals surface area contributed by atoms with Gasteiger partial charge >= 0.3 is 13.6 Å². The minimum atomic E-state index is -5.51. The summed E-state index contributed by atoms with van der Waals surface area (Å²) in [6.45, 7) is 2.67. The molecule has 1 aromatic rings. The number of aliphatic carboxylic acids is 1. The lowest BCUT2D eigenvalue weighted by Crippen LogP contribution is -2.62. The summed E-state index contributed by atoms with van der Waals surface area (Å²) in [4.78, 5) is 213. The average Bonchev–Trinajstić information content (AvgIpc) is 3.63. The van der Waals surface area contributed by atoms with Crippen molar-refractivity contribution in [1.29, 1.82) is 0 Å². The highest BCUT2D eigenvalue weighted by molar-refractivity contribution is 7.52. The first-order chi connectivity index (χ1) is 41.5. The van der Waals surface area contributed by atoms with Crippen LogP contribution < -0.4 is 81.0 Å². The van der Waals surface area contributed by atoms with Gasteiger partial charge in [-0.25, -0.2) is 0 Å². The molecule has 0 aliphatic carbocycles. The fourth-order valence-electron chi connectivity index (χ4n) is 7.74. The molecule has 0 saturated carbocycles. The van der Waals surface area contributed by atoms with Gasteiger partial charge in [-0.05, 0) is 57.6 Å². The number of carbonyl (C=O) groups excluding carboxylic acids is 14. The third-order valence-electron chi connectivity index (χ3n) is 12.6. The molecule has 0 bridgehead atoms. The van der Waals surface area contributed by atoms with Gasteiger partial charge in [-0.15, -0.1) is 0 Å². The molecule has 24 N–H and O–H groups in total. The van der Waals surface area contributed by atoms with Crippen LogP contribution in [0.5, 0.6) is 0 Å². The Morgan fingerprint density at radius 3 is 1.54 bits per heavy atom. The van der Waals surface area contributed by atoms with Crippen molar-refractivity contribution >= 4 is 96.3 Å². The number of nitrogens with one attached hydrogen (secondary N) is 12. The SMILES string of the molecule is CC(=O)N[C@@H](C)C(=O)N[C@@H](C)C(=O)N[C@@H](CCC(=O)O)C(=O)NCC(=O)NCC(=O)N[C@@H](CO)C(=O)N[C@@H](CC(O)P(=O)(O)O)C(=O)N[C@@H](CC(N)=O)C(=O)N[C@H](C(=O)N[C@@H](Cc1ccccc1)C(=O)N[C@@H](CO)C(=O)N[C@@H](CCCCN)C(N)=O)C(C)C. The van der Waals surface area contributed by atoms with Crippen LogP contribution in [-0.4, -0.2) is 218 Å². The van der Waals surface area contributed by atoms with Crippen LogP contribution in [0.3, 0.4) is 0 Å². The molecule has 0 spiro atoms. The number of hydrogen-bond acceptors (Lipinski definition) is 20. The van der Waals surface area contributed by atoms with Crippen LogP contribution >= 0.6 is 7.60 Å². The van der Waals surface area contributed by atoms with Crippen LogP contribution in [-0.2, 0) is 82.9 Å². The molecule has 0 aliphatic rings. The Morgan fingerprint density at radius 2 is 1.01 bits per heavy atom. The summed E-state index contributed by atoms with van der Waals surface area (Å²) in [5.74, 6) is -20.4. The van der Waals surface area contributed by atoms with Crippen molar-refractivity contribution in [2.75, 3.05) is 32.8 Å². The molecule has 1 rings (SSSR count). The standard InChI is InChI=1S/C51H82N15O22P/c1-24(2)41(51(85)64-31(17-28-11-7-6-8-12-28)46(80)65-35(23-68)50(84)60-29(42(54)76)13-9-10-16-52)66-48(82)32(18-36(53)70)62-47(81)33(19-40(75)89(86,87)88)63-49(83)34(22-67)59-38(72)21-55-37(71)20-56-45(79)30(14-15-39(73)74)61-44(78)26(4)58-43(77)25(3)57-27(5)69/h6-8,11-12,24-26,29-35,40-41,67-68,75H,9-10,13-23,52H2,1-5H3,(H2,53,70)(H2,54,76)(H,55,71)(H,56,79)(H,57,69)(H,58,77)(H,59,72)(H,60,84)(H,61,78)(H,62,81)(H,63,83)(H,64,85)(H,65,80)(H,66,82)(H,73,74)(H2,86,87,88)/t25-,26-,29-,30-,31-,32-,33-,34-,35-,40?,41-/m0/s1. The zero-order valence-electron chi connectivity index (χ0n) is 49.4. The van der Waals surface area contributed by atoms with E-state index in [1.54, 1.807) is 30.3 Å². The Balaban J connectivity index is 3.30. The Hall–Kier alpha value is -8.74. The predicted octanol–water partition coefficient (Wildman–Crippen LogP) is -9.75. The van der Waals surface area contributed by atoms with Crippen molar-refractivity contribution in [2.24, 2.45) is 23.1 Å². The summed E-state index contributed by atoms with van der Waals surface area (Å²) < 4.78 is 12.0. The minimum Gasteiger partial charge on any atom is -0.481 e. The van der Waals surface area contributed by atoms with Crippen LogP contribution in [0.25, 0.3) is 0 Å². The number of hydrogen-bond donors (Lipinski definition) is 21. The Labute approximate surface area is 509 Å². The van der Waals surface area contributed by atoms with E-state index in [1.807, 2.05) is 16.0 Å². The third-order valence-corrected chi connectivity index (χ3v) is 13.6. The normalized spacial score (nSPS) is 14.8. The molecule has 89 heavy (non-hydrogen) atoms. The van der Waals surface area contributed by atoms with Gasteiger partial charge in [-0.3, -0.25) is 76.5 Å². The summed E-state index contributed by atoms with van der Waals surface area (Å²) in [7, 11) is -5.51. The number of unbranched alkanes of at least 4 members (excludes halogenated alkanes) is 1. The summed E-state index contributed by atoms with van der Waals surface area (Å²) in [5, 5.41) is 66.1. The Bertz CT molecular complexity index is 2720. The molecule has 0 radical (unpaired) electrons. The molecule has 0 fully saturated rings. The fourth-order valence-corrected chi connectivity index (χ4v) is 8.23. The van der Waals surface area contributed by atoms with E-state index >= 15 is 0 Å². The maximum atomic E-state index is 14.1. The van der Waals surface area contributed by atoms with E-state index in [0.717, 1.165) is 6.92 Å². The van der Waals surface area contributed by atoms with Crippen molar-refractivity contribution in [3.8, 4) is 0 Å². The van der Waals surface area contributed by atoms with Crippen LogP contribution in [0.2, 0.25) is 0 Å². The first-order valence-corrected chi connectivity index (χ1v) is 29.3. The lowest BCUT2D eigenvalue weighted by atomic mass is 10.00. The molecule has 0 saturated heterocycles. The van der Waals surface area contributed by atoms with Crippen LogP contribution in [0.4, 0.5) is 0 Å². The van der Waals surface area contributed by atoms with Crippen molar-refractivity contribution in [2.45, 2.75) is 152 Å². The van der Waals surface area contributed by atoms with Crippen molar-refractivity contribution < 1.29 is 107 Å². The number of primary amides is 2. The van der Waals surface area contributed by atoms with Crippen molar-refractivity contribution in [3.05, 3.63) is 35.9 Å². The van der Waals surface area contributed by atoms with Gasteiger partial charge < -0.3 is 111 Å². The summed E-state index contributed by atoms with van der Waals surface area (Å²) in [5.41, 5.74) is 16.8. The largest absolute Gasteiger partial charge is 0.481 e. The number of amides is 14. The second-order valence-electron chi connectivity index (χ2n) is 20.5. The van der Waals surface area contributed by atoms with Gasteiger partial charge in [-0.1, -0.05) is 44.2 Å². The number of aliphatic hydroxyl groups is 3. The molecule has 1 aromatic carbocycles. The van der Waals surface area contributed by atoms with Gasteiger partial charge in [0.05, 0.1) is 32.7 Å². The van der Waals surface area contributed by atoms with Gasteiger partial charge in [0.2, 0.25) is 82.7 Å². The zero-order chi connectivity index (χ0) is 67.9. The quantitative estimate of drug-likeness (QED) is 0.0214. The van der Waals surface area contributed by atoms with Gasteiger partial charge in [0.1, 0.15) is 60.4 Å². The predicted molar refractivity (Wildman–Crippen MR) is 307 cm³/mol. The number of carboxylic acids is 1. The van der Waals surface area contributed by atoms with Crippen LogP contribution in [0.1, 0.15) is 85.1 Å². The molecule has 38 heteroatoms. The van der Waals surface area contributed by atoms with E-state index in [0.29, 0.717) is 18.4 Å². The molecule has 0 aromatic heterocycles. The first-order valence-electron chi connectivity index (χ1n) is 27.6. The fraction of sp³-hybridized carbons (Fsp3) is 0.588. The van der Waals surface area contributed by atoms with E-state index in [1.165, 1.54) is 27.7 Å². The molecule has 498 valence electrons. The third kappa shape index (κ3) is 30.2. The molecule has 37 nitrogen and oxygen atoms in total. The molecule has 0 heterocycles. The number of carbonyl (C=O) groups is 15. The number of nitrogens with two attached hydrogens (primary N) is 3. The van der Waals surface area contributed by atoms with E-state index < -0.39 is 220 Å². The highest BCUT2D eigenvalue weighted by Crippen LogP contribution is 2.41. The lowest BCUT2D eigenvalue weighted by molar-refractivity contribution is -0.138. The maximum absolute atomic E-state index is 14.1.